The monoisotopic (exact) mass is 331 g/mol. The third-order valence-electron chi connectivity index (χ3n) is 3.53. The Labute approximate surface area is 137 Å². The Hall–Kier alpha value is -2.67. The van der Waals surface area contributed by atoms with Crippen LogP contribution in [0.3, 0.4) is 0 Å². The van der Waals surface area contributed by atoms with E-state index in [1.165, 1.54) is 0 Å². The number of rotatable bonds is 4. The summed E-state index contributed by atoms with van der Waals surface area (Å²) in [6.45, 7) is 2.36. The van der Waals surface area contributed by atoms with Gasteiger partial charge in [0.05, 0.1) is 12.1 Å². The first-order chi connectivity index (χ1) is 11.1. The fourth-order valence-electron chi connectivity index (χ4n) is 2.07. The second-order valence-corrected chi connectivity index (χ2v) is 5.33. The van der Waals surface area contributed by atoms with Gasteiger partial charge in [0.1, 0.15) is 5.15 Å². The van der Waals surface area contributed by atoms with Gasteiger partial charge in [-0.25, -0.2) is 4.98 Å². The molecule has 3 rings (SSSR count). The molecule has 23 heavy (non-hydrogen) atoms. The lowest BCUT2D eigenvalue weighted by atomic mass is 10.3. The van der Waals surface area contributed by atoms with Crippen molar-refractivity contribution in [2.45, 2.75) is 13.5 Å². The second-order valence-electron chi connectivity index (χ2n) is 4.97. The van der Waals surface area contributed by atoms with E-state index in [-0.39, 0.29) is 16.9 Å². The number of aromatic nitrogens is 4. The highest BCUT2D eigenvalue weighted by Crippen LogP contribution is 2.22. The predicted molar refractivity (Wildman–Crippen MR) is 83.9 cm³/mol. The maximum Gasteiger partial charge on any atom is 0.316 e. The summed E-state index contributed by atoms with van der Waals surface area (Å²) in [7, 11) is 1.94. The first kappa shape index (κ1) is 15.2. The van der Waals surface area contributed by atoms with Crippen molar-refractivity contribution in [1.29, 1.82) is 0 Å². The first-order valence-electron chi connectivity index (χ1n) is 6.90. The molecule has 0 aliphatic carbocycles. The fourth-order valence-corrected chi connectivity index (χ4v) is 2.27. The third-order valence-corrected chi connectivity index (χ3v) is 3.83. The Balaban J connectivity index is 1.72. The molecule has 3 aromatic heterocycles. The maximum atomic E-state index is 12.1. The first-order valence-corrected chi connectivity index (χ1v) is 7.28. The topological polar surface area (TPSA) is 85.8 Å². The molecule has 0 atom stereocenters. The minimum atomic E-state index is -0.442. The van der Waals surface area contributed by atoms with E-state index in [4.69, 9.17) is 16.1 Å². The van der Waals surface area contributed by atoms with Gasteiger partial charge in [0.2, 0.25) is 5.82 Å². The lowest BCUT2D eigenvalue weighted by Gasteiger charge is -2.05. The van der Waals surface area contributed by atoms with Gasteiger partial charge in [0.15, 0.2) is 0 Å². The fraction of sp³-hybridized carbons (Fsp3) is 0.200. The standard InChI is InChI=1S/C15H14ClN5O2/c1-9-5-6-10(21(9)2)8-18-14(22)15-19-13(20-23-15)11-4-3-7-17-12(11)16/h3-7H,8H2,1-2H3,(H,18,22). The molecule has 8 heteroatoms. The quantitative estimate of drug-likeness (QED) is 0.742. The number of carbonyl (C=O) groups excluding carboxylic acids is 1. The van der Waals surface area contributed by atoms with Crippen LogP contribution in [0.5, 0.6) is 0 Å². The summed E-state index contributed by atoms with van der Waals surface area (Å²) in [6, 6.07) is 7.34. The van der Waals surface area contributed by atoms with Crippen molar-refractivity contribution in [1.82, 2.24) is 25.0 Å². The molecule has 0 aromatic carbocycles. The summed E-state index contributed by atoms with van der Waals surface area (Å²) >= 11 is 5.97. The van der Waals surface area contributed by atoms with E-state index in [0.717, 1.165) is 11.4 Å². The molecular weight excluding hydrogens is 318 g/mol. The predicted octanol–water partition coefficient (Wildman–Crippen LogP) is 2.36. The Kier molecular flexibility index (Phi) is 4.12. The van der Waals surface area contributed by atoms with Gasteiger partial charge in [-0.15, -0.1) is 0 Å². The Bertz CT molecular complexity index is 855. The number of pyridine rings is 1. The highest BCUT2D eigenvalue weighted by Gasteiger charge is 2.18. The van der Waals surface area contributed by atoms with Gasteiger partial charge in [0, 0.05) is 24.6 Å². The minimum Gasteiger partial charge on any atom is -0.350 e. The number of nitrogens with one attached hydrogen (secondary N) is 1. The van der Waals surface area contributed by atoms with Crippen LogP contribution in [-0.2, 0) is 13.6 Å². The molecular formula is C15H14ClN5O2. The zero-order chi connectivity index (χ0) is 16.4. The Morgan fingerprint density at radius 1 is 1.39 bits per heavy atom. The van der Waals surface area contributed by atoms with Crippen LogP contribution in [0.1, 0.15) is 22.1 Å². The van der Waals surface area contributed by atoms with Crippen LogP contribution >= 0.6 is 11.6 Å². The summed E-state index contributed by atoms with van der Waals surface area (Å²) in [5.41, 5.74) is 2.60. The van der Waals surface area contributed by atoms with Crippen molar-refractivity contribution in [3.63, 3.8) is 0 Å². The molecule has 1 amide bonds. The second kappa shape index (κ2) is 6.21. The number of nitrogens with zero attached hydrogens (tertiary/aromatic N) is 4. The third kappa shape index (κ3) is 3.09. The largest absolute Gasteiger partial charge is 0.350 e. The van der Waals surface area contributed by atoms with Gasteiger partial charge in [-0.05, 0) is 31.2 Å². The van der Waals surface area contributed by atoms with Crippen molar-refractivity contribution in [2.24, 2.45) is 7.05 Å². The molecule has 3 heterocycles. The molecule has 0 aliphatic rings. The molecule has 7 nitrogen and oxygen atoms in total. The lowest BCUT2D eigenvalue weighted by molar-refractivity contribution is 0.0906. The van der Waals surface area contributed by atoms with Crippen LogP contribution in [0.15, 0.2) is 35.0 Å². The number of carbonyl (C=O) groups is 1. The van der Waals surface area contributed by atoms with E-state index >= 15 is 0 Å². The molecule has 0 radical (unpaired) electrons. The van der Waals surface area contributed by atoms with Crippen molar-refractivity contribution < 1.29 is 9.32 Å². The molecule has 0 aliphatic heterocycles. The van der Waals surface area contributed by atoms with Crippen LogP contribution in [0.4, 0.5) is 0 Å². The Morgan fingerprint density at radius 2 is 2.22 bits per heavy atom. The summed E-state index contributed by atoms with van der Waals surface area (Å²) < 4.78 is 6.99. The number of hydrogen-bond donors (Lipinski definition) is 1. The van der Waals surface area contributed by atoms with E-state index < -0.39 is 5.91 Å². The van der Waals surface area contributed by atoms with Crippen molar-refractivity contribution in [2.75, 3.05) is 0 Å². The smallest absolute Gasteiger partial charge is 0.316 e. The summed E-state index contributed by atoms with van der Waals surface area (Å²) in [6.07, 6.45) is 1.56. The van der Waals surface area contributed by atoms with E-state index in [0.29, 0.717) is 12.1 Å². The number of hydrogen-bond acceptors (Lipinski definition) is 5. The number of amides is 1. The van der Waals surface area contributed by atoms with Gasteiger partial charge in [-0.3, -0.25) is 4.79 Å². The highest BCUT2D eigenvalue weighted by atomic mass is 35.5. The highest BCUT2D eigenvalue weighted by molar-refractivity contribution is 6.31. The SMILES string of the molecule is Cc1ccc(CNC(=O)c2nc(-c3cccnc3Cl)no2)n1C. The van der Waals surface area contributed by atoms with E-state index in [2.05, 4.69) is 20.4 Å². The molecule has 0 fully saturated rings. The molecule has 3 aromatic rings. The summed E-state index contributed by atoms with van der Waals surface area (Å²) in [4.78, 5) is 20.1. The van der Waals surface area contributed by atoms with E-state index in [1.807, 2.05) is 30.7 Å². The van der Waals surface area contributed by atoms with Crippen molar-refractivity contribution >= 4 is 17.5 Å². The van der Waals surface area contributed by atoms with Gasteiger partial charge >= 0.3 is 11.8 Å². The summed E-state index contributed by atoms with van der Waals surface area (Å²) in [5.74, 6) is -0.337. The van der Waals surface area contributed by atoms with Crippen LogP contribution < -0.4 is 5.32 Å². The van der Waals surface area contributed by atoms with Crippen molar-refractivity contribution in [3.8, 4) is 11.4 Å². The van der Waals surface area contributed by atoms with E-state index in [1.54, 1.807) is 18.3 Å². The average molecular weight is 332 g/mol. The van der Waals surface area contributed by atoms with Crippen LogP contribution in [0.25, 0.3) is 11.4 Å². The molecule has 0 saturated heterocycles. The lowest BCUT2D eigenvalue weighted by Crippen LogP contribution is -2.24. The van der Waals surface area contributed by atoms with Gasteiger partial charge in [0.25, 0.3) is 0 Å². The maximum absolute atomic E-state index is 12.1. The number of aryl methyl sites for hydroxylation is 1. The van der Waals surface area contributed by atoms with Crippen LogP contribution in [0.2, 0.25) is 5.15 Å². The van der Waals surface area contributed by atoms with Crippen LogP contribution in [-0.4, -0.2) is 25.6 Å². The molecule has 0 saturated carbocycles. The molecule has 0 spiro atoms. The number of halogens is 1. The zero-order valence-corrected chi connectivity index (χ0v) is 13.3. The molecule has 1 N–H and O–H groups in total. The van der Waals surface area contributed by atoms with Gasteiger partial charge in [-0.2, -0.15) is 4.98 Å². The molecule has 118 valence electrons. The summed E-state index contributed by atoms with van der Waals surface area (Å²) in [5, 5.41) is 6.76. The average Bonchev–Trinajstić information content (AvgIpc) is 3.15. The van der Waals surface area contributed by atoms with Gasteiger partial charge < -0.3 is 14.4 Å². The normalized spacial score (nSPS) is 10.7. The zero-order valence-electron chi connectivity index (χ0n) is 12.6. The van der Waals surface area contributed by atoms with Crippen molar-refractivity contribution in [3.05, 3.63) is 52.9 Å². The molecule has 0 unspecified atom stereocenters. The minimum absolute atomic E-state index is 0.120. The van der Waals surface area contributed by atoms with Gasteiger partial charge in [-0.1, -0.05) is 16.8 Å². The molecule has 0 bridgehead atoms. The van der Waals surface area contributed by atoms with Crippen LogP contribution in [0, 0.1) is 6.92 Å². The Morgan fingerprint density at radius 3 is 2.91 bits per heavy atom. The van der Waals surface area contributed by atoms with E-state index in [9.17, 15) is 4.79 Å².